The smallest absolute Gasteiger partial charge is 0.269 e. The van der Waals surface area contributed by atoms with E-state index in [0.29, 0.717) is 57.1 Å². The summed E-state index contributed by atoms with van der Waals surface area (Å²) in [5.74, 6) is 1.57. The second-order valence-electron chi connectivity index (χ2n) is 19.8. The van der Waals surface area contributed by atoms with Crippen molar-refractivity contribution >= 4 is 17.1 Å². The van der Waals surface area contributed by atoms with E-state index >= 15 is 0 Å². The van der Waals surface area contributed by atoms with Crippen LogP contribution >= 0.6 is 0 Å². The molecule has 378 valence electrons. The summed E-state index contributed by atoms with van der Waals surface area (Å²) in [6.07, 6.45) is 22.3. The molecule has 0 radical (unpaired) electrons. The van der Waals surface area contributed by atoms with Crippen molar-refractivity contribution in [1.29, 1.82) is 0 Å². The predicted octanol–water partition coefficient (Wildman–Crippen LogP) is 13.6. The van der Waals surface area contributed by atoms with Gasteiger partial charge in [-0.2, -0.15) is 9.46 Å². The molecule has 2 aromatic heterocycles. The van der Waals surface area contributed by atoms with Gasteiger partial charge in [-0.3, -0.25) is 10.1 Å². The van der Waals surface area contributed by atoms with Gasteiger partial charge in [-0.15, -0.1) is 0 Å². The van der Waals surface area contributed by atoms with Crippen LogP contribution in [0.2, 0.25) is 0 Å². The lowest BCUT2D eigenvalue weighted by Gasteiger charge is -2.31. The summed E-state index contributed by atoms with van der Waals surface area (Å²) in [4.78, 5) is 16.8. The molecule has 0 spiro atoms. The van der Waals surface area contributed by atoms with Crippen LogP contribution in [0, 0.1) is 38.3 Å². The van der Waals surface area contributed by atoms with E-state index in [-0.39, 0.29) is 10.6 Å². The molecule has 1 fully saturated rings. The summed E-state index contributed by atoms with van der Waals surface area (Å²) >= 11 is 0. The summed E-state index contributed by atoms with van der Waals surface area (Å²) in [5.41, 5.74) is 11.1. The van der Waals surface area contributed by atoms with E-state index < -0.39 is 6.29 Å². The number of aromatic nitrogens is 2. The molecule has 5 aromatic rings. The van der Waals surface area contributed by atoms with E-state index in [9.17, 15) is 20.5 Å². The van der Waals surface area contributed by atoms with Gasteiger partial charge in [0, 0.05) is 79.5 Å². The Balaban J connectivity index is 1.49. The maximum absolute atomic E-state index is 12.3. The lowest BCUT2D eigenvalue weighted by atomic mass is 9.88. The van der Waals surface area contributed by atoms with E-state index in [1.165, 1.54) is 54.8 Å². The Morgan fingerprint density at radius 2 is 0.957 bits per heavy atom. The largest absolute Gasteiger partial charge is 0.619 e. The summed E-state index contributed by atoms with van der Waals surface area (Å²) in [5, 5.41) is 36.9. The SMILES string of the molecule is CCCCC(CC)Cc1ccc(N(Cc2cc[n+]([O-])cc2)Cc2cc([N+](=O)[O-])ccc2CC(CC)CCCC)cc1CN(Cc1cc[n+]([O-])cc1)c1ccc(CC(CC)CCCC)c(C2OCCO2)c1. The van der Waals surface area contributed by atoms with Gasteiger partial charge in [0.25, 0.3) is 5.69 Å². The van der Waals surface area contributed by atoms with E-state index in [1.807, 2.05) is 30.3 Å². The van der Waals surface area contributed by atoms with Gasteiger partial charge in [-0.05, 0) is 100 Å². The van der Waals surface area contributed by atoms with E-state index in [1.54, 1.807) is 24.5 Å². The first-order valence-electron chi connectivity index (χ1n) is 26.6. The highest BCUT2D eigenvalue weighted by atomic mass is 16.7. The minimum atomic E-state index is -0.431. The van der Waals surface area contributed by atoms with Crippen molar-refractivity contribution in [3.05, 3.63) is 169 Å². The average Bonchev–Trinajstić information content (AvgIpc) is 3.92. The number of nitro benzene ring substituents is 1. The van der Waals surface area contributed by atoms with Gasteiger partial charge in [0.05, 0.1) is 18.1 Å². The van der Waals surface area contributed by atoms with E-state index in [4.69, 9.17) is 9.47 Å². The van der Waals surface area contributed by atoms with Crippen LogP contribution in [0.25, 0.3) is 0 Å². The van der Waals surface area contributed by atoms with Gasteiger partial charge in [0.2, 0.25) is 0 Å². The van der Waals surface area contributed by atoms with Crippen molar-refractivity contribution in [2.45, 2.75) is 170 Å². The molecule has 0 saturated carbocycles. The van der Waals surface area contributed by atoms with Crippen LogP contribution < -0.4 is 19.3 Å². The maximum Gasteiger partial charge on any atom is 0.269 e. The number of unbranched alkanes of at least 4 members (excludes halogenated alkanes) is 3. The van der Waals surface area contributed by atoms with Crippen LogP contribution in [0.15, 0.2) is 104 Å². The Bertz CT molecular complexity index is 2350. The number of benzene rings is 3. The number of hydrogen-bond donors (Lipinski definition) is 0. The lowest BCUT2D eigenvalue weighted by molar-refractivity contribution is -0.605. The zero-order valence-electron chi connectivity index (χ0n) is 43.2. The third-order valence-electron chi connectivity index (χ3n) is 14.7. The molecule has 11 nitrogen and oxygen atoms in total. The number of hydrogen-bond acceptors (Lipinski definition) is 8. The predicted molar refractivity (Wildman–Crippen MR) is 282 cm³/mol. The number of anilines is 2. The van der Waals surface area contributed by atoms with Gasteiger partial charge in [-0.1, -0.05) is 137 Å². The third kappa shape index (κ3) is 15.7. The quantitative estimate of drug-likeness (QED) is 0.0193. The second kappa shape index (κ2) is 27.8. The molecule has 3 unspecified atom stereocenters. The Morgan fingerprint density at radius 1 is 0.543 bits per heavy atom. The third-order valence-corrected chi connectivity index (χ3v) is 14.7. The van der Waals surface area contributed by atoms with Gasteiger partial charge in [-0.25, -0.2) is 0 Å². The van der Waals surface area contributed by atoms with Crippen molar-refractivity contribution in [2.24, 2.45) is 17.8 Å². The van der Waals surface area contributed by atoms with Gasteiger partial charge < -0.3 is 29.7 Å². The van der Waals surface area contributed by atoms with Crippen molar-refractivity contribution in [3.8, 4) is 0 Å². The molecular formula is C59H81N5O6. The molecule has 1 saturated heterocycles. The first-order chi connectivity index (χ1) is 34.0. The second-order valence-corrected chi connectivity index (χ2v) is 19.8. The fourth-order valence-electron chi connectivity index (χ4n) is 10.1. The first kappa shape index (κ1) is 53.8. The minimum absolute atomic E-state index is 0.0881. The molecule has 0 bridgehead atoms. The highest BCUT2D eigenvalue weighted by Crippen LogP contribution is 2.36. The number of pyridine rings is 2. The van der Waals surface area contributed by atoms with Crippen molar-refractivity contribution in [2.75, 3.05) is 23.0 Å². The molecule has 0 aliphatic carbocycles. The minimum Gasteiger partial charge on any atom is -0.619 e. The molecule has 1 aliphatic rings. The summed E-state index contributed by atoms with van der Waals surface area (Å²) in [6, 6.07) is 26.7. The Labute approximate surface area is 419 Å². The number of nitrogens with zero attached hydrogens (tertiary/aromatic N) is 5. The molecular weight excluding hydrogens is 875 g/mol. The Morgan fingerprint density at radius 3 is 1.40 bits per heavy atom. The normalized spacial score (nSPS) is 14.1. The first-order valence-corrected chi connectivity index (χ1v) is 26.6. The molecule has 1 aliphatic heterocycles. The molecule has 3 aromatic carbocycles. The fraction of sp³-hybridized carbons (Fsp3) is 0.525. The summed E-state index contributed by atoms with van der Waals surface area (Å²) < 4.78 is 14.1. The standard InChI is InChI=1S/C59H81N5O6/c1-7-13-16-45(10-4)35-50-19-22-55(60(41-48-25-29-62(65)30-26-48)44-54-39-57(64(67)68)24-20-51(54)36-46(11-5)17-14-8-2)38-53(50)43-61(42-49-27-31-63(66)32-28-49)56-23-21-52(37-47(12-6)18-15-9-3)58(40-56)59-69-33-34-70-59/h19-32,38-40,45-47,59H,7-18,33-37,41-44H2,1-6H3. The molecule has 6 rings (SSSR count). The van der Waals surface area contributed by atoms with Crippen LogP contribution in [0.5, 0.6) is 0 Å². The number of nitro groups is 1. The lowest BCUT2D eigenvalue weighted by Crippen LogP contribution is -2.28. The topological polar surface area (TPSA) is 122 Å². The highest BCUT2D eigenvalue weighted by Gasteiger charge is 2.26. The maximum atomic E-state index is 12.3. The zero-order valence-corrected chi connectivity index (χ0v) is 43.2. The molecule has 70 heavy (non-hydrogen) atoms. The molecule has 0 amide bonds. The monoisotopic (exact) mass is 956 g/mol. The van der Waals surface area contributed by atoms with Crippen LogP contribution in [0.1, 0.15) is 169 Å². The molecule has 3 atom stereocenters. The number of rotatable bonds is 30. The molecule has 11 heteroatoms. The Kier molecular flexibility index (Phi) is 21.3. The summed E-state index contributed by atoms with van der Waals surface area (Å²) in [6.45, 7) is 16.8. The summed E-state index contributed by atoms with van der Waals surface area (Å²) in [7, 11) is 0. The van der Waals surface area contributed by atoms with E-state index in [2.05, 4.69) is 87.7 Å². The average molecular weight is 956 g/mol. The van der Waals surface area contributed by atoms with Gasteiger partial charge in [0.15, 0.2) is 31.1 Å². The zero-order chi connectivity index (χ0) is 49.8. The fourth-order valence-corrected chi connectivity index (χ4v) is 10.1. The van der Waals surface area contributed by atoms with Crippen LogP contribution in [0.4, 0.5) is 17.1 Å². The Hall–Kier alpha value is -5.52. The number of ether oxygens (including phenoxy) is 2. The van der Waals surface area contributed by atoms with Crippen molar-refractivity contribution in [3.63, 3.8) is 0 Å². The van der Waals surface area contributed by atoms with Crippen LogP contribution in [0.3, 0.4) is 0 Å². The number of non-ortho nitro benzene ring substituents is 1. The van der Waals surface area contributed by atoms with Crippen LogP contribution in [-0.4, -0.2) is 18.1 Å². The van der Waals surface area contributed by atoms with Crippen molar-refractivity contribution in [1.82, 2.24) is 0 Å². The van der Waals surface area contributed by atoms with Gasteiger partial charge >= 0.3 is 0 Å². The van der Waals surface area contributed by atoms with Crippen molar-refractivity contribution < 1.29 is 23.9 Å². The van der Waals surface area contributed by atoms with Gasteiger partial charge in [0.1, 0.15) is 0 Å². The van der Waals surface area contributed by atoms with E-state index in [0.717, 1.165) is 119 Å². The molecule has 3 heterocycles. The van der Waals surface area contributed by atoms with Crippen LogP contribution in [-0.2, 0) is 54.9 Å². The highest BCUT2D eigenvalue weighted by molar-refractivity contribution is 5.57. The molecule has 0 N–H and O–H groups in total.